The number of benzene rings is 2. The number of hydrogen-bond acceptors (Lipinski definition) is 8. The van der Waals surface area contributed by atoms with Crippen LogP contribution in [-0.4, -0.2) is 57.4 Å². The van der Waals surface area contributed by atoms with Crippen molar-refractivity contribution in [2.45, 2.75) is 76.3 Å². The molecule has 6 rings (SSSR count). The number of ether oxygens (including phenoxy) is 1. The van der Waals surface area contributed by atoms with E-state index in [4.69, 9.17) is 4.74 Å². The van der Waals surface area contributed by atoms with Crippen molar-refractivity contribution in [3.63, 3.8) is 0 Å². The number of likely N-dealkylation sites (tertiary alicyclic amines) is 1. The zero-order valence-corrected chi connectivity index (χ0v) is 25.8. The van der Waals surface area contributed by atoms with Crippen molar-refractivity contribution in [1.29, 1.82) is 5.26 Å². The molecule has 1 N–H and O–H groups in total. The maximum Gasteiger partial charge on any atom is 0.261 e. The second-order valence-corrected chi connectivity index (χ2v) is 13.5. The van der Waals surface area contributed by atoms with E-state index in [1.165, 1.54) is 24.3 Å². The molecule has 1 spiro atoms. The lowest BCUT2D eigenvalue weighted by Crippen LogP contribution is -2.51. The van der Waals surface area contributed by atoms with Gasteiger partial charge in [0, 0.05) is 37.2 Å². The van der Waals surface area contributed by atoms with Crippen LogP contribution in [0, 0.1) is 22.6 Å². The fourth-order valence-electron chi connectivity index (χ4n) is 7.03. The van der Waals surface area contributed by atoms with Gasteiger partial charge in [-0.3, -0.25) is 14.3 Å². The minimum atomic E-state index is -2.58. The van der Waals surface area contributed by atoms with E-state index in [9.17, 15) is 23.2 Å². The highest BCUT2D eigenvalue weighted by Crippen LogP contribution is 2.57. The summed E-state index contributed by atoms with van der Waals surface area (Å²) in [6.07, 6.45) is 7.66. The zero-order valence-electron chi connectivity index (χ0n) is 25.0. The molecule has 0 unspecified atom stereocenters. The smallest absolute Gasteiger partial charge is 0.261 e. The van der Waals surface area contributed by atoms with Crippen LogP contribution in [0.15, 0.2) is 41.5 Å². The van der Waals surface area contributed by atoms with Gasteiger partial charge in [0.15, 0.2) is 11.6 Å². The van der Waals surface area contributed by atoms with E-state index < -0.39 is 11.7 Å². The summed E-state index contributed by atoms with van der Waals surface area (Å²) in [5, 5.41) is 10.2. The molecule has 1 aliphatic heterocycles. The van der Waals surface area contributed by atoms with Gasteiger partial charge < -0.3 is 9.46 Å². The lowest BCUT2D eigenvalue weighted by molar-refractivity contribution is -0.0884. The first-order valence-corrected chi connectivity index (χ1v) is 16.0. The third-order valence-electron chi connectivity index (χ3n) is 9.64. The topological polar surface area (TPSA) is 86.4 Å². The molecule has 1 saturated heterocycles. The van der Waals surface area contributed by atoms with Crippen molar-refractivity contribution in [1.82, 2.24) is 18.8 Å². The Kier molecular flexibility index (Phi) is 8.56. The summed E-state index contributed by atoms with van der Waals surface area (Å²) in [5.41, 5.74) is 0.893. The lowest BCUT2D eigenvalue weighted by atomic mass is 9.57. The highest BCUT2D eigenvalue weighted by atomic mass is 32.2. The molecule has 0 atom stereocenters. The Morgan fingerprint density at radius 1 is 1.18 bits per heavy atom. The number of aromatic nitrogens is 2. The number of nitrogens with zero attached hydrogens (tertiary/aromatic N) is 5. The van der Waals surface area contributed by atoms with E-state index in [1.807, 2.05) is 29.2 Å². The normalized spacial score (nSPS) is 25.1. The predicted molar refractivity (Wildman–Crippen MR) is 165 cm³/mol. The fourth-order valence-corrected chi connectivity index (χ4v) is 7.59. The lowest BCUT2D eigenvalue weighted by Gasteiger charge is -2.53. The van der Waals surface area contributed by atoms with E-state index in [-0.39, 0.29) is 53.1 Å². The summed E-state index contributed by atoms with van der Waals surface area (Å²) in [6.45, 7) is 3.37. The highest BCUT2D eigenvalue weighted by Gasteiger charge is 2.48. The van der Waals surface area contributed by atoms with Crippen molar-refractivity contribution in [3.05, 3.63) is 58.4 Å². The van der Waals surface area contributed by atoms with Crippen LogP contribution in [0.1, 0.15) is 69.9 Å². The van der Waals surface area contributed by atoms with Gasteiger partial charge in [0.25, 0.3) is 11.5 Å². The van der Waals surface area contributed by atoms with Gasteiger partial charge in [-0.15, -0.1) is 0 Å². The van der Waals surface area contributed by atoms with E-state index in [1.54, 1.807) is 29.1 Å². The number of rotatable bonds is 8. The second kappa shape index (κ2) is 12.3. The van der Waals surface area contributed by atoms with E-state index in [0.717, 1.165) is 51.6 Å². The van der Waals surface area contributed by atoms with Crippen molar-refractivity contribution in [3.8, 4) is 17.6 Å². The Morgan fingerprint density at radius 3 is 2.66 bits per heavy atom. The van der Waals surface area contributed by atoms with Crippen LogP contribution in [0.3, 0.4) is 0 Å². The van der Waals surface area contributed by atoms with Gasteiger partial charge in [0.1, 0.15) is 17.4 Å². The Bertz CT molecular complexity index is 1630. The van der Waals surface area contributed by atoms with Crippen molar-refractivity contribution < 1.29 is 17.9 Å². The van der Waals surface area contributed by atoms with Crippen LogP contribution in [0.25, 0.3) is 10.9 Å². The van der Waals surface area contributed by atoms with Gasteiger partial charge >= 0.3 is 0 Å². The molecular weight excluding hydrogens is 589 g/mol. The third-order valence-corrected chi connectivity index (χ3v) is 10.5. The van der Waals surface area contributed by atoms with Crippen molar-refractivity contribution in [2.75, 3.05) is 31.4 Å². The molecule has 2 saturated carbocycles. The number of nitriles is 1. The first-order valence-electron chi connectivity index (χ1n) is 15.3. The Morgan fingerprint density at radius 2 is 1.95 bits per heavy atom. The minimum absolute atomic E-state index is 0.0111. The summed E-state index contributed by atoms with van der Waals surface area (Å²) in [5.74, 6) is -3.26. The molecule has 3 fully saturated rings. The van der Waals surface area contributed by atoms with Crippen LogP contribution < -0.4 is 15.0 Å². The van der Waals surface area contributed by atoms with Gasteiger partial charge in [-0.25, -0.2) is 22.5 Å². The zero-order chi connectivity index (χ0) is 31.1. The molecule has 0 amide bonds. The van der Waals surface area contributed by atoms with Gasteiger partial charge in [0.2, 0.25) is 0 Å². The standard InChI is InChI=1S/C32H37F3N6O2S/c1-3-39(2)44-38-28-8-6-26(33)29(25(28)18-36)43-23-5-7-27-24(15-23)30(42)41(20-37-27)22-16-31(17-22)12-9-21(10-13-31)40-14-4-11-32(34,35)19-40/h5-8,15,20-22,38H,3-4,9-14,16-17,19H2,1-2H3. The molecule has 2 aliphatic carbocycles. The molecule has 2 aromatic carbocycles. The molecular formula is C32H37F3N6O2S. The Balaban J connectivity index is 1.15. The Labute approximate surface area is 259 Å². The van der Waals surface area contributed by atoms with E-state index >= 15 is 0 Å². The van der Waals surface area contributed by atoms with Crippen LogP contribution in [0.4, 0.5) is 18.9 Å². The summed E-state index contributed by atoms with van der Waals surface area (Å²) in [6, 6.07) is 9.81. The Hall–Kier alpha value is -3.27. The molecule has 8 nitrogen and oxygen atoms in total. The number of halogens is 3. The number of fused-ring (bicyclic) bond motifs is 1. The predicted octanol–water partition coefficient (Wildman–Crippen LogP) is 7.12. The van der Waals surface area contributed by atoms with Gasteiger partial charge in [-0.2, -0.15) is 5.26 Å². The van der Waals surface area contributed by atoms with Crippen LogP contribution in [0.5, 0.6) is 11.5 Å². The largest absolute Gasteiger partial charge is 0.453 e. The molecule has 0 bridgehead atoms. The second-order valence-electron chi connectivity index (χ2n) is 12.5. The van der Waals surface area contributed by atoms with Gasteiger partial charge in [0.05, 0.1) is 29.5 Å². The van der Waals surface area contributed by atoms with Crippen molar-refractivity contribution >= 4 is 28.7 Å². The molecule has 44 heavy (non-hydrogen) atoms. The van der Waals surface area contributed by atoms with E-state index in [2.05, 4.69) is 9.71 Å². The average Bonchev–Trinajstić information content (AvgIpc) is 3.00. The summed E-state index contributed by atoms with van der Waals surface area (Å²) in [4.78, 5) is 20.1. The van der Waals surface area contributed by atoms with Gasteiger partial charge in [-0.1, -0.05) is 6.92 Å². The van der Waals surface area contributed by atoms with Crippen molar-refractivity contribution in [2.24, 2.45) is 5.41 Å². The summed E-state index contributed by atoms with van der Waals surface area (Å²) < 4.78 is 55.4. The molecule has 3 aromatic rings. The molecule has 3 aliphatic rings. The summed E-state index contributed by atoms with van der Waals surface area (Å²) >= 11 is 1.28. The maximum atomic E-state index is 14.9. The molecule has 12 heteroatoms. The monoisotopic (exact) mass is 626 g/mol. The van der Waals surface area contributed by atoms with E-state index in [0.29, 0.717) is 23.0 Å². The first kappa shape index (κ1) is 30.7. The van der Waals surface area contributed by atoms with Crippen LogP contribution in [0.2, 0.25) is 0 Å². The number of hydrogen-bond donors (Lipinski definition) is 1. The SMILES string of the molecule is CCN(C)SNc1ccc(F)c(Oc2ccc3ncn(C4CC5(CCC(N6CCCC(F)(F)C6)CC5)C4)c(=O)c3c2)c1C#N. The maximum absolute atomic E-state index is 14.9. The molecule has 2 heterocycles. The number of nitrogens with one attached hydrogen (secondary N) is 1. The summed E-state index contributed by atoms with van der Waals surface area (Å²) in [7, 11) is 1.89. The van der Waals surface area contributed by atoms with Gasteiger partial charge in [-0.05, 0) is 94.3 Å². The fraction of sp³-hybridized carbons (Fsp3) is 0.531. The minimum Gasteiger partial charge on any atom is -0.453 e. The first-order chi connectivity index (χ1) is 21.1. The van der Waals surface area contributed by atoms with Crippen LogP contribution in [-0.2, 0) is 0 Å². The average molecular weight is 627 g/mol. The van der Waals surface area contributed by atoms with Crippen LogP contribution >= 0.6 is 12.1 Å². The molecule has 234 valence electrons. The molecule has 0 radical (unpaired) electrons. The third kappa shape index (κ3) is 6.14. The highest BCUT2D eigenvalue weighted by molar-refractivity contribution is 7.98. The number of anilines is 1. The quantitative estimate of drug-likeness (QED) is 0.265. The number of piperidine rings is 1. The molecule has 1 aromatic heterocycles. The number of alkyl halides is 2.